The third-order valence-corrected chi connectivity index (χ3v) is 4.63. The highest BCUT2D eigenvalue weighted by atomic mass is 79.9. The molecule has 3 nitrogen and oxygen atoms in total. The van der Waals surface area contributed by atoms with Gasteiger partial charge in [0.25, 0.3) is 0 Å². The Morgan fingerprint density at radius 3 is 2.22 bits per heavy atom. The molecule has 1 aromatic rings. The maximum atomic E-state index is 6.16. The molecule has 1 aromatic carbocycles. The average Bonchev–Trinajstić information content (AvgIpc) is 3.12. The lowest BCUT2D eigenvalue weighted by Gasteiger charge is -2.25. The molecule has 0 aliphatic heterocycles. The van der Waals surface area contributed by atoms with E-state index in [1.165, 1.54) is 5.56 Å². The van der Waals surface area contributed by atoms with E-state index in [4.69, 9.17) is 15.2 Å². The van der Waals surface area contributed by atoms with Crippen LogP contribution in [0.2, 0.25) is 0 Å². The quantitative estimate of drug-likeness (QED) is 0.928. The molecule has 0 heterocycles. The minimum absolute atomic E-state index is 0.117. The van der Waals surface area contributed by atoms with Crippen LogP contribution in [0.1, 0.15) is 30.9 Å². The highest BCUT2D eigenvalue weighted by Crippen LogP contribution is 2.54. The largest absolute Gasteiger partial charge is 0.493 e. The van der Waals surface area contributed by atoms with Gasteiger partial charge in [0.05, 0.1) is 18.7 Å². The number of halogens is 1. The van der Waals surface area contributed by atoms with Crippen LogP contribution in [0.15, 0.2) is 10.5 Å². The second-order valence-corrected chi connectivity index (χ2v) is 5.90. The second kappa shape index (κ2) is 4.74. The Labute approximate surface area is 117 Å². The summed E-state index contributed by atoms with van der Waals surface area (Å²) in [6.45, 7) is 4.16. The Hall–Kier alpha value is -0.740. The molecule has 1 atom stereocenters. The number of ether oxygens (including phenoxy) is 2. The van der Waals surface area contributed by atoms with E-state index in [0.717, 1.165) is 34.4 Å². The Morgan fingerprint density at radius 2 is 1.83 bits per heavy atom. The van der Waals surface area contributed by atoms with Gasteiger partial charge in [-0.3, -0.25) is 0 Å². The van der Waals surface area contributed by atoms with Crippen molar-refractivity contribution in [2.45, 2.75) is 38.1 Å². The van der Waals surface area contributed by atoms with E-state index in [1.54, 1.807) is 14.2 Å². The normalized spacial score (nSPS) is 18.3. The van der Waals surface area contributed by atoms with Gasteiger partial charge in [0.15, 0.2) is 11.5 Å². The van der Waals surface area contributed by atoms with Crippen molar-refractivity contribution in [2.75, 3.05) is 14.2 Å². The van der Waals surface area contributed by atoms with Crippen LogP contribution in [0.3, 0.4) is 0 Å². The number of rotatable bonds is 4. The molecule has 0 spiro atoms. The minimum atomic E-state index is 0.117. The molecule has 1 aliphatic rings. The molecule has 100 valence electrons. The highest BCUT2D eigenvalue weighted by Gasteiger charge is 2.49. The van der Waals surface area contributed by atoms with Crippen molar-refractivity contribution >= 4 is 15.9 Å². The van der Waals surface area contributed by atoms with Crippen molar-refractivity contribution in [3.8, 4) is 11.5 Å². The van der Waals surface area contributed by atoms with Gasteiger partial charge in [0, 0.05) is 11.5 Å². The van der Waals surface area contributed by atoms with Gasteiger partial charge in [-0.2, -0.15) is 0 Å². The van der Waals surface area contributed by atoms with Gasteiger partial charge in [-0.25, -0.2) is 0 Å². The summed E-state index contributed by atoms with van der Waals surface area (Å²) >= 11 is 3.56. The molecule has 1 saturated carbocycles. The monoisotopic (exact) mass is 313 g/mol. The van der Waals surface area contributed by atoms with E-state index in [0.29, 0.717) is 0 Å². The molecule has 1 unspecified atom stereocenters. The lowest BCUT2D eigenvalue weighted by Crippen LogP contribution is -2.32. The summed E-state index contributed by atoms with van der Waals surface area (Å²) in [7, 11) is 3.33. The zero-order chi connectivity index (χ0) is 13.5. The summed E-state index contributed by atoms with van der Waals surface area (Å²) in [5.41, 5.74) is 8.69. The van der Waals surface area contributed by atoms with Gasteiger partial charge in [0.2, 0.25) is 0 Å². The molecule has 0 amide bonds. The van der Waals surface area contributed by atoms with Crippen LogP contribution in [-0.4, -0.2) is 20.3 Å². The molecular formula is C14H20BrNO2. The van der Waals surface area contributed by atoms with Crippen LogP contribution >= 0.6 is 15.9 Å². The molecule has 0 saturated heterocycles. The summed E-state index contributed by atoms with van der Waals surface area (Å²) in [6.07, 6.45) is 2.29. The van der Waals surface area contributed by atoms with Gasteiger partial charge in [0.1, 0.15) is 0 Å². The van der Waals surface area contributed by atoms with Gasteiger partial charge >= 0.3 is 0 Å². The van der Waals surface area contributed by atoms with Gasteiger partial charge in [-0.15, -0.1) is 0 Å². The fraction of sp³-hybridized carbons (Fsp3) is 0.571. The fourth-order valence-corrected chi connectivity index (χ4v) is 3.33. The highest BCUT2D eigenvalue weighted by molar-refractivity contribution is 9.10. The molecule has 4 heteroatoms. The van der Waals surface area contributed by atoms with E-state index >= 15 is 0 Å². The van der Waals surface area contributed by atoms with Crippen molar-refractivity contribution in [2.24, 2.45) is 5.73 Å². The van der Waals surface area contributed by atoms with Crippen molar-refractivity contribution in [1.82, 2.24) is 0 Å². The van der Waals surface area contributed by atoms with E-state index in [9.17, 15) is 0 Å². The first-order valence-electron chi connectivity index (χ1n) is 6.15. The molecule has 2 rings (SSSR count). The van der Waals surface area contributed by atoms with Crippen LogP contribution < -0.4 is 15.2 Å². The summed E-state index contributed by atoms with van der Waals surface area (Å²) in [4.78, 5) is 0. The van der Waals surface area contributed by atoms with E-state index in [-0.39, 0.29) is 11.5 Å². The van der Waals surface area contributed by atoms with Crippen LogP contribution in [0.4, 0.5) is 0 Å². The molecule has 1 aliphatic carbocycles. The van der Waals surface area contributed by atoms with Gasteiger partial charge in [-0.1, -0.05) is 0 Å². The van der Waals surface area contributed by atoms with Crippen molar-refractivity contribution < 1.29 is 9.47 Å². The predicted octanol–water partition coefficient (Wildman–Crippen LogP) is 3.15. The predicted molar refractivity (Wildman–Crippen MR) is 76.5 cm³/mol. The van der Waals surface area contributed by atoms with Crippen LogP contribution in [0, 0.1) is 6.92 Å². The molecule has 2 N–H and O–H groups in total. The number of hydrogen-bond donors (Lipinski definition) is 1. The first kappa shape index (κ1) is 13.7. The van der Waals surface area contributed by atoms with E-state index in [2.05, 4.69) is 35.8 Å². The Morgan fingerprint density at radius 1 is 1.28 bits per heavy atom. The van der Waals surface area contributed by atoms with Gasteiger partial charge in [-0.05, 0) is 59.8 Å². The lowest BCUT2D eigenvalue weighted by atomic mass is 9.86. The molecule has 0 radical (unpaired) electrons. The zero-order valence-corrected chi connectivity index (χ0v) is 12.9. The molecule has 0 bridgehead atoms. The molecule has 18 heavy (non-hydrogen) atoms. The SMILES string of the molecule is COc1c(Br)cc(C2(C(C)N)CC2)c(C)c1OC. The maximum absolute atomic E-state index is 6.16. The smallest absolute Gasteiger partial charge is 0.175 e. The van der Waals surface area contributed by atoms with Gasteiger partial charge < -0.3 is 15.2 Å². The number of hydrogen-bond acceptors (Lipinski definition) is 3. The van der Waals surface area contributed by atoms with Crippen molar-refractivity contribution in [1.29, 1.82) is 0 Å². The molecule has 0 aromatic heterocycles. The topological polar surface area (TPSA) is 44.5 Å². The molecular weight excluding hydrogens is 294 g/mol. The average molecular weight is 314 g/mol. The summed E-state index contributed by atoms with van der Waals surface area (Å²) in [6, 6.07) is 2.29. The summed E-state index contributed by atoms with van der Waals surface area (Å²) in [5, 5.41) is 0. The van der Waals surface area contributed by atoms with E-state index in [1.807, 2.05) is 0 Å². The first-order valence-corrected chi connectivity index (χ1v) is 6.94. The number of nitrogens with two attached hydrogens (primary N) is 1. The third-order valence-electron chi connectivity index (χ3n) is 4.04. The third kappa shape index (κ3) is 1.91. The minimum Gasteiger partial charge on any atom is -0.493 e. The van der Waals surface area contributed by atoms with Crippen molar-refractivity contribution in [3.63, 3.8) is 0 Å². The first-order chi connectivity index (χ1) is 8.47. The summed E-state index contributed by atoms with van der Waals surface area (Å²) in [5.74, 6) is 1.55. The van der Waals surface area contributed by atoms with E-state index < -0.39 is 0 Å². The van der Waals surface area contributed by atoms with Crippen molar-refractivity contribution in [3.05, 3.63) is 21.7 Å². The fourth-order valence-electron chi connectivity index (χ4n) is 2.76. The lowest BCUT2D eigenvalue weighted by molar-refractivity contribution is 0.349. The number of benzene rings is 1. The van der Waals surface area contributed by atoms with Crippen LogP contribution in [0.25, 0.3) is 0 Å². The maximum Gasteiger partial charge on any atom is 0.175 e. The Balaban J connectivity index is 2.61. The van der Waals surface area contributed by atoms with Crippen LogP contribution in [0.5, 0.6) is 11.5 Å². The second-order valence-electron chi connectivity index (χ2n) is 5.04. The standard InChI is InChI=1S/C14H20BrNO2/c1-8-10(14(5-6-14)9(2)16)7-11(15)13(18-4)12(8)17-3/h7,9H,5-6,16H2,1-4H3. The summed E-state index contributed by atoms with van der Waals surface area (Å²) < 4.78 is 11.8. The number of methoxy groups -OCH3 is 2. The Bertz CT molecular complexity index is 467. The Kier molecular flexibility index (Phi) is 3.60. The molecule has 1 fully saturated rings. The zero-order valence-electron chi connectivity index (χ0n) is 11.3. The van der Waals surface area contributed by atoms with Crippen LogP contribution in [-0.2, 0) is 5.41 Å².